The summed E-state index contributed by atoms with van der Waals surface area (Å²) in [6.45, 7) is 13.0. The van der Waals surface area contributed by atoms with Crippen molar-refractivity contribution < 1.29 is 52.5 Å². The molecule has 5 saturated heterocycles. The van der Waals surface area contributed by atoms with Crippen molar-refractivity contribution in [1.29, 1.82) is 5.26 Å². The lowest BCUT2D eigenvalue weighted by atomic mass is 9.89. The van der Waals surface area contributed by atoms with Gasteiger partial charge in [0.05, 0.1) is 20.3 Å². The number of piperidine rings is 2. The molecular formula is C33H51N3O11. The van der Waals surface area contributed by atoms with Crippen molar-refractivity contribution in [3.8, 4) is 6.07 Å². The molecule has 0 spiro atoms. The Morgan fingerprint density at radius 1 is 0.745 bits per heavy atom. The molecule has 5 heterocycles. The highest BCUT2D eigenvalue weighted by Gasteiger charge is 2.53. The Morgan fingerprint density at radius 3 is 1.60 bits per heavy atom. The second-order valence-corrected chi connectivity index (χ2v) is 14.0. The summed E-state index contributed by atoms with van der Waals surface area (Å²) in [7, 11) is 2.42. The van der Waals surface area contributed by atoms with Crippen molar-refractivity contribution in [2.45, 2.75) is 135 Å². The number of amides is 2. The summed E-state index contributed by atoms with van der Waals surface area (Å²) in [5.41, 5.74) is -1.06. The largest absolute Gasteiger partial charge is 0.468 e. The van der Waals surface area contributed by atoms with Crippen LogP contribution < -0.4 is 0 Å². The Bertz CT molecular complexity index is 1160. The van der Waals surface area contributed by atoms with Gasteiger partial charge in [-0.25, -0.2) is 14.4 Å². The fraction of sp³-hybridized carbons (Fsp3) is 0.788. The number of ketones is 2. The van der Waals surface area contributed by atoms with E-state index >= 15 is 0 Å². The smallest absolute Gasteiger partial charge is 0.410 e. The number of hydrogen-bond donors (Lipinski definition) is 0. The van der Waals surface area contributed by atoms with Crippen LogP contribution in [0.25, 0.3) is 0 Å². The van der Waals surface area contributed by atoms with Gasteiger partial charge in [-0.05, 0) is 80.1 Å². The van der Waals surface area contributed by atoms with E-state index in [4.69, 9.17) is 24.2 Å². The SMILES string of the molecule is C1CCOC1.CC(C)(C)OC(=O)N1C2CCC1CC(=O)C2.COC(=O)C#N.COC(=O)C1C(=O)CC2CCC1N2C(=O)OC(C)(C)C. The third kappa shape index (κ3) is 12.1. The number of fused-ring (bicyclic) bond motifs is 4. The van der Waals surface area contributed by atoms with E-state index in [0.29, 0.717) is 19.3 Å². The van der Waals surface area contributed by atoms with E-state index < -0.39 is 41.2 Å². The summed E-state index contributed by atoms with van der Waals surface area (Å²) in [6.07, 6.45) is 6.31. The van der Waals surface area contributed by atoms with Crippen LogP contribution in [0.4, 0.5) is 9.59 Å². The molecule has 0 aromatic heterocycles. The van der Waals surface area contributed by atoms with E-state index in [1.807, 2.05) is 20.8 Å². The lowest BCUT2D eigenvalue weighted by molar-refractivity contribution is -0.154. The highest BCUT2D eigenvalue weighted by Crippen LogP contribution is 2.39. The molecule has 0 radical (unpaired) electrons. The Morgan fingerprint density at radius 2 is 1.21 bits per heavy atom. The Labute approximate surface area is 277 Å². The van der Waals surface area contributed by atoms with Crippen molar-refractivity contribution in [2.24, 2.45) is 5.92 Å². The molecule has 14 nitrogen and oxygen atoms in total. The standard InChI is InChI=1S/C14H21NO5.C12H19NO3.C4H8O.C3H3NO2/c1-14(2,3)20-13(18)15-8-5-6-9(15)11(10(16)7-8)12(17)19-4;1-12(2,3)16-11(15)13-8-4-5-9(13)7-10(14)6-8;1-2-4-5-3-1;1-6-3(5)2-4/h8-9,11H,5-7H2,1-4H3;8-9H,4-7H2,1-3H3;1-4H2;1H3. The summed E-state index contributed by atoms with van der Waals surface area (Å²) in [4.78, 5) is 72.4. The second kappa shape index (κ2) is 17.4. The maximum Gasteiger partial charge on any atom is 0.410 e. The number of rotatable bonds is 1. The van der Waals surface area contributed by atoms with Crippen LogP contribution in [0, 0.1) is 17.2 Å². The monoisotopic (exact) mass is 665 g/mol. The lowest BCUT2D eigenvalue weighted by Crippen LogP contribution is -2.55. The second-order valence-electron chi connectivity index (χ2n) is 14.0. The fourth-order valence-electron chi connectivity index (χ4n) is 6.17. The molecule has 0 aromatic rings. The maximum absolute atomic E-state index is 12.3. The molecule has 2 amide bonds. The number of ether oxygens (including phenoxy) is 5. The minimum atomic E-state index is -0.869. The molecule has 5 aliphatic rings. The molecule has 5 aliphatic heterocycles. The van der Waals surface area contributed by atoms with Gasteiger partial charge >= 0.3 is 24.1 Å². The zero-order valence-corrected chi connectivity index (χ0v) is 29.0. The van der Waals surface area contributed by atoms with Gasteiger partial charge in [0.15, 0.2) is 11.9 Å². The molecular weight excluding hydrogens is 614 g/mol. The highest BCUT2D eigenvalue weighted by molar-refractivity contribution is 6.01. The summed E-state index contributed by atoms with van der Waals surface area (Å²) < 4.78 is 24.3. The number of carbonyl (C=O) groups excluding carboxylic acids is 6. The average Bonchev–Trinajstić information content (AvgIpc) is 3.71. The normalized spacial score (nSPS) is 25.8. The fourth-order valence-corrected chi connectivity index (χ4v) is 6.17. The molecule has 47 heavy (non-hydrogen) atoms. The molecule has 14 heteroatoms. The van der Waals surface area contributed by atoms with E-state index in [0.717, 1.165) is 39.6 Å². The lowest BCUT2D eigenvalue weighted by Gasteiger charge is -2.38. The van der Waals surface area contributed by atoms with Crippen LogP contribution in [0.3, 0.4) is 0 Å². The first kappa shape index (κ1) is 39.4. The van der Waals surface area contributed by atoms with Crippen molar-refractivity contribution in [2.75, 3.05) is 27.4 Å². The molecule has 5 unspecified atom stereocenters. The number of nitrogens with zero attached hydrogens (tertiary/aromatic N) is 3. The van der Waals surface area contributed by atoms with Crippen LogP contribution in [0.2, 0.25) is 0 Å². The van der Waals surface area contributed by atoms with Gasteiger partial charge in [-0.2, -0.15) is 5.26 Å². The van der Waals surface area contributed by atoms with E-state index in [-0.39, 0.29) is 42.2 Å². The van der Waals surface area contributed by atoms with Crippen molar-refractivity contribution >= 4 is 35.7 Å². The Hall–Kier alpha value is -3.73. The van der Waals surface area contributed by atoms with Crippen LogP contribution >= 0.6 is 0 Å². The van der Waals surface area contributed by atoms with Crippen molar-refractivity contribution in [3.63, 3.8) is 0 Å². The number of esters is 2. The number of methoxy groups -OCH3 is 2. The van der Waals surface area contributed by atoms with Gasteiger partial charge in [0.1, 0.15) is 22.9 Å². The van der Waals surface area contributed by atoms with Crippen molar-refractivity contribution in [3.05, 3.63) is 0 Å². The Balaban J connectivity index is 0.000000251. The van der Waals surface area contributed by atoms with E-state index in [1.54, 1.807) is 30.6 Å². The van der Waals surface area contributed by atoms with Crippen LogP contribution in [-0.4, -0.2) is 108 Å². The zero-order chi connectivity index (χ0) is 35.5. The van der Waals surface area contributed by atoms with E-state index in [2.05, 4.69) is 4.74 Å². The first-order valence-corrected chi connectivity index (χ1v) is 16.1. The van der Waals surface area contributed by atoms with Crippen LogP contribution in [0.1, 0.15) is 99.3 Å². The molecule has 0 aliphatic carbocycles. The predicted octanol–water partition coefficient (Wildman–Crippen LogP) is 4.11. The third-order valence-corrected chi connectivity index (χ3v) is 8.03. The third-order valence-electron chi connectivity index (χ3n) is 8.03. The average molecular weight is 666 g/mol. The number of Topliss-reactive ketones (excluding diaryl/α,β-unsaturated/α-hetero) is 2. The first-order chi connectivity index (χ1) is 21.9. The van der Waals surface area contributed by atoms with Gasteiger partial charge in [-0.15, -0.1) is 0 Å². The van der Waals surface area contributed by atoms with Gasteiger partial charge in [0, 0.05) is 50.6 Å². The zero-order valence-electron chi connectivity index (χ0n) is 29.0. The highest BCUT2D eigenvalue weighted by atomic mass is 16.6. The Kier molecular flexibility index (Phi) is 14.6. The van der Waals surface area contributed by atoms with Gasteiger partial charge < -0.3 is 33.5 Å². The number of carbonyl (C=O) groups is 6. The molecule has 4 bridgehead atoms. The summed E-state index contributed by atoms with van der Waals surface area (Å²) >= 11 is 0. The van der Waals surface area contributed by atoms with Gasteiger partial charge in [-0.3, -0.25) is 14.4 Å². The molecule has 0 saturated carbocycles. The molecule has 5 rings (SSSR count). The minimum Gasteiger partial charge on any atom is -0.468 e. The van der Waals surface area contributed by atoms with Crippen LogP contribution in [0.5, 0.6) is 0 Å². The summed E-state index contributed by atoms with van der Waals surface area (Å²) in [6, 6.07) is 0.845. The van der Waals surface area contributed by atoms with E-state index in [1.165, 1.54) is 26.0 Å². The van der Waals surface area contributed by atoms with E-state index in [9.17, 15) is 28.8 Å². The number of nitriles is 1. The molecule has 5 atom stereocenters. The minimum absolute atomic E-state index is 0.0844. The summed E-state index contributed by atoms with van der Waals surface area (Å²) in [5.74, 6) is -2.13. The summed E-state index contributed by atoms with van der Waals surface area (Å²) in [5, 5.41) is 7.61. The topological polar surface area (TPSA) is 179 Å². The number of hydrogen-bond acceptors (Lipinski definition) is 12. The molecule has 0 aromatic carbocycles. The van der Waals surface area contributed by atoms with Gasteiger partial charge in [0.2, 0.25) is 0 Å². The molecule has 0 N–H and O–H groups in total. The quantitative estimate of drug-likeness (QED) is 0.170. The molecule has 5 fully saturated rings. The van der Waals surface area contributed by atoms with Gasteiger partial charge in [-0.1, -0.05) is 0 Å². The van der Waals surface area contributed by atoms with Crippen LogP contribution in [-0.2, 0) is 42.9 Å². The van der Waals surface area contributed by atoms with Crippen LogP contribution in [0.15, 0.2) is 0 Å². The van der Waals surface area contributed by atoms with Crippen molar-refractivity contribution in [1.82, 2.24) is 9.80 Å². The maximum atomic E-state index is 12.3. The predicted molar refractivity (Wildman–Crippen MR) is 167 cm³/mol. The van der Waals surface area contributed by atoms with Gasteiger partial charge in [0.25, 0.3) is 0 Å². The first-order valence-electron chi connectivity index (χ1n) is 16.1. The molecule has 264 valence electrons.